The van der Waals surface area contributed by atoms with E-state index in [1.54, 1.807) is 18.2 Å². The molecule has 0 radical (unpaired) electrons. The van der Waals surface area contributed by atoms with Crippen molar-refractivity contribution in [3.05, 3.63) is 58.1 Å². The molecule has 0 unspecified atom stereocenters. The van der Waals surface area contributed by atoms with Crippen molar-refractivity contribution in [2.45, 2.75) is 32.3 Å². The first-order valence-electron chi connectivity index (χ1n) is 9.53. The summed E-state index contributed by atoms with van der Waals surface area (Å²) in [5, 5.41) is 16.7. The molecule has 1 amide bonds. The summed E-state index contributed by atoms with van der Waals surface area (Å²) < 4.78 is 11.7. The van der Waals surface area contributed by atoms with Gasteiger partial charge in [0.25, 0.3) is 5.69 Å². The van der Waals surface area contributed by atoms with Crippen LogP contribution in [0.15, 0.2) is 42.5 Å². The zero-order valence-electron chi connectivity index (χ0n) is 16.6. The van der Waals surface area contributed by atoms with Gasteiger partial charge in [-0.15, -0.1) is 0 Å². The Hall–Kier alpha value is -3.29. The monoisotopic (exact) mass is 399 g/mol. The number of carbonyl (C=O) groups excluding carboxylic acids is 1. The van der Waals surface area contributed by atoms with Crippen LogP contribution in [0.1, 0.15) is 25.8 Å². The van der Waals surface area contributed by atoms with Crippen molar-refractivity contribution in [3.63, 3.8) is 0 Å². The molecular weight excluding hydrogens is 374 g/mol. The number of nitrogens with one attached hydrogen (secondary N) is 2. The molecule has 0 bridgehead atoms. The SMILES string of the molecule is CC1(C)Cc2cccc(OCCNC(=O)CCNc3ccccc3[N+](=O)[O-])c2O1. The second kappa shape index (κ2) is 8.81. The van der Waals surface area contributed by atoms with Crippen LogP contribution in [0.2, 0.25) is 0 Å². The molecule has 0 fully saturated rings. The molecule has 2 aromatic carbocycles. The molecule has 3 rings (SSSR count). The van der Waals surface area contributed by atoms with Crippen LogP contribution in [-0.4, -0.2) is 36.1 Å². The van der Waals surface area contributed by atoms with E-state index in [-0.39, 0.29) is 23.6 Å². The Labute approximate surface area is 169 Å². The number of nitro benzene ring substituents is 1. The van der Waals surface area contributed by atoms with Crippen molar-refractivity contribution in [1.29, 1.82) is 0 Å². The molecule has 0 spiro atoms. The normalized spacial score (nSPS) is 13.9. The third-order valence-electron chi connectivity index (χ3n) is 4.51. The standard InChI is InChI=1S/C21H25N3O5/c1-21(2)14-15-6-5-9-18(20(15)29-21)28-13-12-23-19(25)10-11-22-16-7-3-4-8-17(16)24(26)27/h3-9,22H,10-14H2,1-2H3,(H,23,25). The molecule has 0 aliphatic carbocycles. The Kier molecular flexibility index (Phi) is 6.21. The Bertz CT molecular complexity index is 898. The van der Waals surface area contributed by atoms with Crippen molar-refractivity contribution in [2.75, 3.05) is 25.0 Å². The lowest BCUT2D eigenvalue weighted by Gasteiger charge is -2.18. The van der Waals surface area contributed by atoms with Gasteiger partial charge < -0.3 is 20.1 Å². The molecule has 2 N–H and O–H groups in total. The average molecular weight is 399 g/mol. The van der Waals surface area contributed by atoms with Crippen molar-refractivity contribution in [3.8, 4) is 11.5 Å². The summed E-state index contributed by atoms with van der Waals surface area (Å²) in [6.07, 6.45) is 1.03. The third-order valence-corrected chi connectivity index (χ3v) is 4.51. The van der Waals surface area contributed by atoms with E-state index in [2.05, 4.69) is 10.6 Å². The second-order valence-electron chi connectivity index (χ2n) is 7.43. The van der Waals surface area contributed by atoms with E-state index < -0.39 is 4.92 Å². The number of carbonyl (C=O) groups is 1. The number of anilines is 1. The van der Waals surface area contributed by atoms with Gasteiger partial charge in [-0.1, -0.05) is 24.3 Å². The van der Waals surface area contributed by atoms with Gasteiger partial charge in [0.2, 0.25) is 5.91 Å². The molecule has 0 saturated carbocycles. The van der Waals surface area contributed by atoms with Gasteiger partial charge >= 0.3 is 0 Å². The summed E-state index contributed by atoms with van der Waals surface area (Å²) in [5.41, 5.74) is 1.27. The number of benzene rings is 2. The molecule has 154 valence electrons. The molecule has 0 aromatic heterocycles. The summed E-state index contributed by atoms with van der Waals surface area (Å²) in [6.45, 7) is 5.05. The molecule has 1 aliphatic rings. The molecule has 2 aromatic rings. The second-order valence-corrected chi connectivity index (χ2v) is 7.43. The number of para-hydroxylation sites is 3. The highest BCUT2D eigenvalue weighted by Crippen LogP contribution is 2.41. The van der Waals surface area contributed by atoms with Crippen LogP contribution in [0.5, 0.6) is 11.5 Å². The van der Waals surface area contributed by atoms with Crippen LogP contribution >= 0.6 is 0 Å². The summed E-state index contributed by atoms with van der Waals surface area (Å²) in [7, 11) is 0. The van der Waals surface area contributed by atoms with Crippen LogP contribution in [0.25, 0.3) is 0 Å². The first-order chi connectivity index (χ1) is 13.9. The predicted octanol–water partition coefficient (Wildman–Crippen LogP) is 3.31. The Morgan fingerprint density at radius 2 is 2.00 bits per heavy atom. The van der Waals surface area contributed by atoms with Gasteiger partial charge in [0, 0.05) is 31.0 Å². The summed E-state index contributed by atoms with van der Waals surface area (Å²) in [6, 6.07) is 12.2. The lowest BCUT2D eigenvalue weighted by Crippen LogP contribution is -2.29. The van der Waals surface area contributed by atoms with Crippen LogP contribution in [-0.2, 0) is 11.2 Å². The minimum Gasteiger partial charge on any atom is -0.488 e. The number of nitrogens with zero attached hydrogens (tertiary/aromatic N) is 1. The largest absolute Gasteiger partial charge is 0.488 e. The number of nitro groups is 1. The lowest BCUT2D eigenvalue weighted by atomic mass is 10.0. The van der Waals surface area contributed by atoms with Crippen LogP contribution in [0.3, 0.4) is 0 Å². The maximum atomic E-state index is 12.0. The number of hydrogen-bond acceptors (Lipinski definition) is 6. The molecule has 8 nitrogen and oxygen atoms in total. The van der Waals surface area contributed by atoms with Crippen molar-refractivity contribution in [2.24, 2.45) is 0 Å². The van der Waals surface area contributed by atoms with Gasteiger partial charge in [0.1, 0.15) is 17.9 Å². The fourth-order valence-corrected chi connectivity index (χ4v) is 3.23. The molecule has 1 heterocycles. The van der Waals surface area contributed by atoms with E-state index in [1.165, 1.54) is 6.07 Å². The Morgan fingerprint density at radius 1 is 1.21 bits per heavy atom. The van der Waals surface area contributed by atoms with Gasteiger partial charge in [-0.05, 0) is 26.0 Å². The fourth-order valence-electron chi connectivity index (χ4n) is 3.23. The van der Waals surface area contributed by atoms with Crippen molar-refractivity contribution < 1.29 is 19.2 Å². The molecule has 8 heteroatoms. The fraction of sp³-hybridized carbons (Fsp3) is 0.381. The first-order valence-corrected chi connectivity index (χ1v) is 9.53. The van der Waals surface area contributed by atoms with Crippen LogP contribution in [0, 0.1) is 10.1 Å². The first kappa shape index (κ1) is 20.4. The smallest absolute Gasteiger partial charge is 0.292 e. The van der Waals surface area contributed by atoms with Gasteiger partial charge in [-0.3, -0.25) is 14.9 Å². The van der Waals surface area contributed by atoms with Gasteiger partial charge in [-0.2, -0.15) is 0 Å². The van der Waals surface area contributed by atoms with E-state index in [1.807, 2.05) is 32.0 Å². The topological polar surface area (TPSA) is 103 Å². The molecule has 0 atom stereocenters. The van der Waals surface area contributed by atoms with Crippen molar-refractivity contribution in [1.82, 2.24) is 5.32 Å². The van der Waals surface area contributed by atoms with Crippen LogP contribution in [0.4, 0.5) is 11.4 Å². The number of rotatable bonds is 9. The van der Waals surface area contributed by atoms with E-state index in [0.717, 1.165) is 17.7 Å². The summed E-state index contributed by atoms with van der Waals surface area (Å²) >= 11 is 0. The minimum atomic E-state index is -0.453. The van der Waals surface area contributed by atoms with E-state index in [0.29, 0.717) is 31.1 Å². The average Bonchev–Trinajstić information content (AvgIpc) is 3.00. The lowest BCUT2D eigenvalue weighted by molar-refractivity contribution is -0.384. The molecule has 29 heavy (non-hydrogen) atoms. The van der Waals surface area contributed by atoms with Crippen LogP contribution < -0.4 is 20.1 Å². The summed E-state index contributed by atoms with van der Waals surface area (Å²) in [5.74, 6) is 1.30. The van der Waals surface area contributed by atoms with E-state index in [4.69, 9.17) is 9.47 Å². The Morgan fingerprint density at radius 3 is 2.79 bits per heavy atom. The highest BCUT2D eigenvalue weighted by Gasteiger charge is 2.32. The maximum Gasteiger partial charge on any atom is 0.292 e. The van der Waals surface area contributed by atoms with Crippen molar-refractivity contribution >= 4 is 17.3 Å². The highest BCUT2D eigenvalue weighted by molar-refractivity contribution is 5.76. The van der Waals surface area contributed by atoms with E-state index >= 15 is 0 Å². The molecular formula is C21H25N3O5. The summed E-state index contributed by atoms with van der Waals surface area (Å²) in [4.78, 5) is 22.5. The zero-order chi connectivity index (χ0) is 20.9. The molecule has 1 aliphatic heterocycles. The number of hydrogen-bond donors (Lipinski definition) is 2. The van der Waals surface area contributed by atoms with E-state index in [9.17, 15) is 14.9 Å². The minimum absolute atomic E-state index is 0.0119. The highest BCUT2D eigenvalue weighted by atomic mass is 16.6. The maximum absolute atomic E-state index is 12.0. The quantitative estimate of drug-likeness (QED) is 0.381. The predicted molar refractivity (Wildman–Crippen MR) is 110 cm³/mol. The number of fused-ring (bicyclic) bond motifs is 1. The Balaban J connectivity index is 1.39. The number of ether oxygens (including phenoxy) is 2. The third kappa shape index (κ3) is 5.37. The van der Waals surface area contributed by atoms with Gasteiger partial charge in [-0.25, -0.2) is 0 Å². The number of amides is 1. The molecule has 0 saturated heterocycles. The zero-order valence-corrected chi connectivity index (χ0v) is 16.6. The van der Waals surface area contributed by atoms with Gasteiger partial charge in [0.05, 0.1) is 11.5 Å². The van der Waals surface area contributed by atoms with Gasteiger partial charge in [0.15, 0.2) is 11.5 Å².